The number of carbonyl (C=O) groups excluding carboxylic acids is 1. The van der Waals surface area contributed by atoms with Crippen LogP contribution >= 0.6 is 11.6 Å². The van der Waals surface area contributed by atoms with E-state index >= 15 is 0 Å². The summed E-state index contributed by atoms with van der Waals surface area (Å²) in [6, 6.07) is 0. The first-order valence-corrected chi connectivity index (χ1v) is 7.40. The van der Waals surface area contributed by atoms with Crippen LogP contribution in [-0.4, -0.2) is 18.0 Å². The maximum Gasteiger partial charge on any atom is 0.307 e. The number of carbonyl (C=O) groups is 1. The Labute approximate surface area is 111 Å². The summed E-state index contributed by atoms with van der Waals surface area (Å²) in [6.07, 6.45) is 10.4. The predicted octanol–water partition coefficient (Wildman–Crippen LogP) is 4.69. The molecule has 0 aromatic rings. The predicted molar refractivity (Wildman–Crippen MR) is 73.5 cm³/mol. The molecule has 0 fully saturated rings. The number of rotatable bonds is 11. The molecule has 0 aromatic carbocycles. The third-order valence-corrected chi connectivity index (χ3v) is 2.86. The summed E-state index contributed by atoms with van der Waals surface area (Å²) in [5.74, 6) is -0.171. The van der Waals surface area contributed by atoms with E-state index in [4.69, 9.17) is 16.3 Å². The lowest BCUT2D eigenvalue weighted by Crippen LogP contribution is -2.10. The molecule has 0 aliphatic carbocycles. The van der Waals surface area contributed by atoms with Crippen molar-refractivity contribution >= 4 is 17.6 Å². The summed E-state index contributed by atoms with van der Waals surface area (Å²) in [4.78, 5) is 11.2. The van der Waals surface area contributed by atoms with Crippen LogP contribution in [0.15, 0.2) is 0 Å². The van der Waals surface area contributed by atoms with Crippen molar-refractivity contribution in [2.24, 2.45) is 0 Å². The molecule has 0 heterocycles. The first kappa shape index (κ1) is 16.8. The molecule has 0 radical (unpaired) electrons. The fourth-order valence-corrected chi connectivity index (χ4v) is 1.84. The fourth-order valence-electron chi connectivity index (χ4n) is 1.71. The number of ether oxygens (including phenoxy) is 1. The molecule has 3 heteroatoms. The second-order valence-electron chi connectivity index (χ2n) is 4.68. The van der Waals surface area contributed by atoms with Gasteiger partial charge in [-0.1, -0.05) is 51.9 Å². The van der Waals surface area contributed by atoms with Crippen LogP contribution in [0.25, 0.3) is 0 Å². The molecule has 0 spiro atoms. The molecule has 0 aliphatic heterocycles. The monoisotopic (exact) mass is 262 g/mol. The Bertz CT molecular complexity index is 181. The van der Waals surface area contributed by atoms with Gasteiger partial charge in [0.25, 0.3) is 0 Å². The zero-order valence-corrected chi connectivity index (χ0v) is 12.1. The molecular weight excluding hydrogens is 236 g/mol. The summed E-state index contributed by atoms with van der Waals surface area (Å²) in [5.41, 5.74) is 0. The van der Waals surface area contributed by atoms with Crippen LogP contribution in [-0.2, 0) is 9.53 Å². The molecule has 1 unspecified atom stereocenters. The standard InChI is InChI=1S/C14H27ClO2/c1-3-4-5-6-7-8-9-10-11-17-14(16)12-13(2)15/h13H,3-12H2,1-2H3. The Balaban J connectivity index is 3.10. The van der Waals surface area contributed by atoms with Gasteiger partial charge in [-0.05, 0) is 13.3 Å². The number of hydrogen-bond donors (Lipinski definition) is 0. The van der Waals surface area contributed by atoms with Crippen molar-refractivity contribution < 1.29 is 9.53 Å². The third kappa shape index (κ3) is 13.7. The molecule has 2 nitrogen and oxygen atoms in total. The summed E-state index contributed by atoms with van der Waals surface area (Å²) in [5, 5.41) is -0.124. The van der Waals surface area contributed by atoms with Crippen molar-refractivity contribution in [1.29, 1.82) is 0 Å². The van der Waals surface area contributed by atoms with Gasteiger partial charge >= 0.3 is 5.97 Å². The van der Waals surface area contributed by atoms with Crippen molar-refractivity contribution in [3.63, 3.8) is 0 Å². The molecule has 0 aromatic heterocycles. The van der Waals surface area contributed by atoms with E-state index in [2.05, 4.69) is 6.92 Å². The van der Waals surface area contributed by atoms with Gasteiger partial charge in [-0.3, -0.25) is 4.79 Å². The summed E-state index contributed by atoms with van der Waals surface area (Å²) in [7, 11) is 0. The zero-order valence-electron chi connectivity index (χ0n) is 11.3. The average Bonchev–Trinajstić information content (AvgIpc) is 2.26. The largest absolute Gasteiger partial charge is 0.466 e. The van der Waals surface area contributed by atoms with E-state index in [9.17, 15) is 4.79 Å². The van der Waals surface area contributed by atoms with Crippen LogP contribution in [0.1, 0.15) is 71.6 Å². The minimum Gasteiger partial charge on any atom is -0.466 e. The van der Waals surface area contributed by atoms with Gasteiger partial charge in [0.05, 0.1) is 13.0 Å². The highest BCUT2D eigenvalue weighted by Crippen LogP contribution is 2.08. The molecule has 17 heavy (non-hydrogen) atoms. The minimum atomic E-state index is -0.171. The van der Waals surface area contributed by atoms with Crippen molar-refractivity contribution in [3.05, 3.63) is 0 Å². The van der Waals surface area contributed by atoms with Crippen LogP contribution in [0.2, 0.25) is 0 Å². The van der Waals surface area contributed by atoms with E-state index in [1.165, 1.54) is 38.5 Å². The Morgan fingerprint density at radius 1 is 1.06 bits per heavy atom. The van der Waals surface area contributed by atoms with Gasteiger partial charge < -0.3 is 4.74 Å². The van der Waals surface area contributed by atoms with Gasteiger partial charge in [0.2, 0.25) is 0 Å². The van der Waals surface area contributed by atoms with Crippen LogP contribution in [0.3, 0.4) is 0 Å². The minimum absolute atomic E-state index is 0.124. The molecule has 0 rings (SSSR count). The van der Waals surface area contributed by atoms with E-state index in [1.54, 1.807) is 6.92 Å². The highest BCUT2D eigenvalue weighted by atomic mass is 35.5. The first-order valence-electron chi connectivity index (χ1n) is 6.96. The molecule has 1 atom stereocenters. The quantitative estimate of drug-likeness (QED) is 0.307. The molecule has 102 valence electrons. The Kier molecular flexibility index (Phi) is 12.1. The van der Waals surface area contributed by atoms with E-state index in [0.717, 1.165) is 12.8 Å². The Morgan fingerprint density at radius 2 is 1.59 bits per heavy atom. The van der Waals surface area contributed by atoms with E-state index in [0.29, 0.717) is 13.0 Å². The molecule has 0 aliphatic rings. The number of halogens is 1. The molecular formula is C14H27ClO2. The van der Waals surface area contributed by atoms with Gasteiger partial charge in [0.15, 0.2) is 0 Å². The highest BCUT2D eigenvalue weighted by molar-refractivity contribution is 6.21. The fraction of sp³-hybridized carbons (Fsp3) is 0.929. The zero-order chi connectivity index (χ0) is 12.9. The lowest BCUT2D eigenvalue weighted by molar-refractivity contribution is -0.143. The second-order valence-corrected chi connectivity index (χ2v) is 5.43. The molecule has 0 amide bonds. The van der Waals surface area contributed by atoms with Crippen LogP contribution in [0, 0.1) is 0 Å². The lowest BCUT2D eigenvalue weighted by Gasteiger charge is -2.05. The van der Waals surface area contributed by atoms with E-state index < -0.39 is 0 Å². The van der Waals surface area contributed by atoms with Gasteiger partial charge in [-0.15, -0.1) is 11.6 Å². The van der Waals surface area contributed by atoms with Gasteiger partial charge in [0.1, 0.15) is 0 Å². The number of unbranched alkanes of at least 4 members (excludes halogenated alkanes) is 7. The molecule has 0 saturated heterocycles. The highest BCUT2D eigenvalue weighted by Gasteiger charge is 2.06. The normalized spacial score (nSPS) is 12.4. The van der Waals surface area contributed by atoms with E-state index in [-0.39, 0.29) is 11.3 Å². The number of hydrogen-bond acceptors (Lipinski definition) is 2. The number of alkyl halides is 1. The smallest absolute Gasteiger partial charge is 0.307 e. The van der Waals surface area contributed by atoms with Gasteiger partial charge in [-0.2, -0.15) is 0 Å². The van der Waals surface area contributed by atoms with Crippen LogP contribution < -0.4 is 0 Å². The summed E-state index contributed by atoms with van der Waals surface area (Å²) >= 11 is 5.69. The van der Waals surface area contributed by atoms with Gasteiger partial charge in [0, 0.05) is 5.38 Å². The molecule has 0 bridgehead atoms. The number of esters is 1. The van der Waals surface area contributed by atoms with Crippen molar-refractivity contribution in [1.82, 2.24) is 0 Å². The Morgan fingerprint density at radius 3 is 2.12 bits per heavy atom. The van der Waals surface area contributed by atoms with Gasteiger partial charge in [-0.25, -0.2) is 0 Å². The van der Waals surface area contributed by atoms with E-state index in [1.807, 2.05) is 0 Å². The summed E-state index contributed by atoms with van der Waals surface area (Å²) < 4.78 is 5.07. The Hall–Kier alpha value is -0.240. The SMILES string of the molecule is CCCCCCCCCCOC(=O)CC(C)Cl. The maximum absolute atomic E-state index is 11.2. The van der Waals surface area contributed by atoms with Crippen molar-refractivity contribution in [2.45, 2.75) is 77.0 Å². The van der Waals surface area contributed by atoms with Crippen molar-refractivity contribution in [3.8, 4) is 0 Å². The van der Waals surface area contributed by atoms with Crippen molar-refractivity contribution in [2.75, 3.05) is 6.61 Å². The van der Waals surface area contributed by atoms with Crippen LogP contribution in [0.5, 0.6) is 0 Å². The average molecular weight is 263 g/mol. The summed E-state index contributed by atoms with van der Waals surface area (Å²) in [6.45, 7) is 4.59. The maximum atomic E-state index is 11.2. The second kappa shape index (κ2) is 12.2. The van der Waals surface area contributed by atoms with Crippen LogP contribution in [0.4, 0.5) is 0 Å². The third-order valence-electron chi connectivity index (χ3n) is 2.71. The first-order chi connectivity index (χ1) is 8.16. The topological polar surface area (TPSA) is 26.3 Å². The lowest BCUT2D eigenvalue weighted by atomic mass is 10.1. The molecule has 0 saturated carbocycles. The molecule has 0 N–H and O–H groups in total.